The Morgan fingerprint density at radius 2 is 0.862 bits per heavy atom. The van der Waals surface area contributed by atoms with Crippen LogP contribution in [0.3, 0.4) is 0 Å². The number of ether oxygens (including phenoxy) is 3. The highest BCUT2D eigenvalue weighted by atomic mass is 79.9. The number of ketones is 3. The maximum Gasteiger partial charge on any atom is 0.251 e. The van der Waals surface area contributed by atoms with Gasteiger partial charge in [-0.1, -0.05) is 58.8 Å². The molecular weight excluding hydrogens is 1430 g/mol. The number of halogens is 1. The molecule has 5 aliphatic rings. The average molecular weight is 1540 g/mol. The lowest BCUT2D eigenvalue weighted by Crippen LogP contribution is -2.43. The number of nitrogens with zero attached hydrogens (tertiary/aromatic N) is 4. The second-order valence-electron chi connectivity index (χ2n) is 30.7. The third-order valence-electron chi connectivity index (χ3n) is 22.0. The number of allylic oxidation sites excluding steroid dienone is 1. The largest absolute Gasteiger partial charge is 0.488 e. The van der Waals surface area contributed by atoms with Crippen molar-refractivity contribution in [1.29, 1.82) is 0 Å². The van der Waals surface area contributed by atoms with Crippen molar-refractivity contribution < 1.29 is 28.6 Å². The summed E-state index contributed by atoms with van der Waals surface area (Å²) >= 11 is 3.57. The first kappa shape index (κ1) is 80.5. The van der Waals surface area contributed by atoms with E-state index in [0.717, 1.165) is 220 Å². The number of anilines is 2. The number of pyridine rings is 5. The standard InChI is InChI=1S/2C33H40N4O3.C24H28BrNO3/c2*1-6-7-23-16-22(4)36-32(39)27(23)9-10-29(38)25-17-26-19-33(5,21(2)3)40-31(26)28(18-25)24-8-11-30(35-20-24)37-14-12-34-13-15-37;1-5-6-17-10-16(4)26-24(28)20(17)7-8-22(27)18-11-19-9-14(2)15(3)13-29-23(19)21(25)12-18/h2*8,11,16-18,20,34H,2,6-7,9-10,12-15,19H2,1,3-5H3,(H,36,39);10-12H,5-9,13H2,1-4H3,(H,26,28). The summed E-state index contributed by atoms with van der Waals surface area (Å²) in [7, 11) is 0. The molecule has 0 aliphatic carbocycles. The van der Waals surface area contributed by atoms with Crippen LogP contribution in [0.25, 0.3) is 22.3 Å². The molecule has 2 saturated heterocycles. The molecule has 5 N–H and O–H groups in total. The number of aromatic amines is 3. The van der Waals surface area contributed by atoms with Crippen molar-refractivity contribution in [3.8, 4) is 39.5 Å². The Balaban J connectivity index is 0.000000165. The summed E-state index contributed by atoms with van der Waals surface area (Å²) in [5.74, 6) is 4.37. The number of H-pyrrole nitrogens is 3. The first-order chi connectivity index (χ1) is 52.2. The van der Waals surface area contributed by atoms with Gasteiger partial charge >= 0.3 is 0 Å². The zero-order valence-electron chi connectivity index (χ0n) is 65.9. The van der Waals surface area contributed by atoms with Gasteiger partial charge in [0.1, 0.15) is 46.7 Å². The van der Waals surface area contributed by atoms with E-state index in [9.17, 15) is 28.8 Å². The number of aromatic nitrogens is 5. The number of aryl methyl sites for hydroxylation is 6. The van der Waals surface area contributed by atoms with Crippen LogP contribution in [0.5, 0.6) is 17.2 Å². The Labute approximate surface area is 650 Å². The maximum absolute atomic E-state index is 13.6. The van der Waals surface area contributed by atoms with E-state index >= 15 is 0 Å². The number of benzene rings is 3. The van der Waals surface area contributed by atoms with E-state index in [1.165, 1.54) is 11.1 Å². The number of piperazine rings is 2. The molecule has 0 saturated carbocycles. The van der Waals surface area contributed by atoms with Gasteiger partial charge in [0.15, 0.2) is 17.3 Å². The van der Waals surface area contributed by atoms with Gasteiger partial charge in [-0.05, 0) is 247 Å². The molecule has 5 aromatic heterocycles. The number of carbonyl (C=O) groups excluding carboxylic acids is 3. The monoisotopic (exact) mass is 1540 g/mol. The Hall–Kier alpha value is -9.56. The molecule has 5 aliphatic heterocycles. The van der Waals surface area contributed by atoms with E-state index in [1.807, 2.05) is 128 Å². The highest BCUT2D eigenvalue weighted by Gasteiger charge is 2.40. The molecule has 0 radical (unpaired) electrons. The van der Waals surface area contributed by atoms with Crippen LogP contribution in [0, 0.1) is 20.8 Å². The van der Waals surface area contributed by atoms with Crippen LogP contribution in [0.4, 0.5) is 11.6 Å². The fourth-order valence-corrected chi connectivity index (χ4v) is 15.9. The summed E-state index contributed by atoms with van der Waals surface area (Å²) in [6.45, 7) is 40.6. The van der Waals surface area contributed by atoms with Crippen molar-refractivity contribution in [3.63, 3.8) is 0 Å². The van der Waals surface area contributed by atoms with Crippen LogP contribution in [-0.2, 0) is 57.8 Å². The zero-order valence-corrected chi connectivity index (χ0v) is 67.5. The second kappa shape index (κ2) is 35.4. The molecule has 0 spiro atoms. The van der Waals surface area contributed by atoms with Gasteiger partial charge in [0.05, 0.1) is 4.47 Å². The minimum absolute atomic E-state index is 0.0146. The lowest BCUT2D eigenvalue weighted by atomic mass is 9.90. The van der Waals surface area contributed by atoms with Gasteiger partial charge in [-0.2, -0.15) is 0 Å². The zero-order chi connectivity index (χ0) is 78.0. The Morgan fingerprint density at radius 3 is 1.21 bits per heavy atom. The van der Waals surface area contributed by atoms with Gasteiger partial charge in [-0.3, -0.25) is 28.8 Å². The molecule has 19 heteroatoms. The van der Waals surface area contributed by atoms with Crippen molar-refractivity contribution in [1.82, 2.24) is 35.6 Å². The summed E-state index contributed by atoms with van der Waals surface area (Å²) in [4.78, 5) is 101. The maximum atomic E-state index is 13.6. The predicted molar refractivity (Wildman–Crippen MR) is 442 cm³/mol. The van der Waals surface area contributed by atoms with E-state index in [0.29, 0.717) is 72.9 Å². The molecule has 2 unspecified atom stereocenters. The molecule has 3 aromatic carbocycles. The fraction of sp³-hybridized carbons (Fsp3) is 0.422. The fourth-order valence-electron chi connectivity index (χ4n) is 15.3. The smallest absolute Gasteiger partial charge is 0.251 e. The van der Waals surface area contributed by atoms with Crippen LogP contribution >= 0.6 is 15.9 Å². The Bertz CT molecular complexity index is 4750. The summed E-state index contributed by atoms with van der Waals surface area (Å²) in [6, 6.07) is 25.9. The molecule has 2 atom stereocenters. The van der Waals surface area contributed by atoms with Crippen LogP contribution < -0.4 is 51.3 Å². The lowest BCUT2D eigenvalue weighted by Gasteiger charge is -2.28. The highest BCUT2D eigenvalue weighted by Crippen LogP contribution is 2.48. The lowest BCUT2D eigenvalue weighted by molar-refractivity contribution is 0.0974. The molecule has 2 fully saturated rings. The summed E-state index contributed by atoms with van der Waals surface area (Å²) in [5, 5.41) is 6.75. The van der Waals surface area contributed by atoms with E-state index in [1.54, 1.807) is 0 Å². The molecule has 0 amide bonds. The third kappa shape index (κ3) is 19.0. The number of Topliss-reactive ketones (excluding diaryl/α,β-unsaturated/α-hetero) is 3. The number of fused-ring (bicyclic) bond motifs is 3. The SMILES string of the molecule is C=C(C)C1(C)Cc2cc(C(=O)CCc3c(CCC)cc(C)[nH]c3=O)cc(-c3ccc(N4CCNCC4)nc3)c2O1.C=C(C)C1(C)Cc2cc(C(=O)CCc3c(CCC)cc(C)[nH]c3=O)cc(-c3ccc(N4CCNCC4)nc3)c2O1.CCCc1cc(C)[nH]c(=O)c1CCC(=O)c1cc(Br)c2c(c1)CC(C)=C(C)CO2. The number of rotatable bonds is 24. The number of hydrogen-bond acceptors (Lipinski definition) is 15. The van der Waals surface area contributed by atoms with Gasteiger partial charge in [-0.15, -0.1) is 0 Å². The van der Waals surface area contributed by atoms with Crippen LogP contribution in [0.2, 0.25) is 0 Å². The highest BCUT2D eigenvalue weighted by molar-refractivity contribution is 9.10. The summed E-state index contributed by atoms with van der Waals surface area (Å²) in [6.07, 6.45) is 13.3. The van der Waals surface area contributed by atoms with E-state index in [2.05, 4.69) is 111 Å². The first-order valence-electron chi connectivity index (χ1n) is 38.9. The Kier molecular flexibility index (Phi) is 26.1. The van der Waals surface area contributed by atoms with Crippen molar-refractivity contribution in [2.45, 2.75) is 191 Å². The molecule has 13 rings (SSSR count). The molecule has 0 bridgehead atoms. The number of hydrogen-bond donors (Lipinski definition) is 5. The van der Waals surface area contributed by atoms with Crippen molar-refractivity contribution in [2.75, 3.05) is 68.8 Å². The number of carbonyl (C=O) groups is 3. The minimum Gasteiger partial charge on any atom is -0.488 e. The van der Waals surface area contributed by atoms with Gasteiger partial charge in [-0.25, -0.2) is 9.97 Å². The van der Waals surface area contributed by atoms with Crippen molar-refractivity contribution in [3.05, 3.63) is 246 Å². The van der Waals surface area contributed by atoms with Gasteiger partial charge in [0.25, 0.3) is 16.7 Å². The van der Waals surface area contributed by atoms with E-state index < -0.39 is 11.2 Å². The molecule has 109 heavy (non-hydrogen) atoms. The van der Waals surface area contributed by atoms with Gasteiger partial charge < -0.3 is 49.6 Å². The summed E-state index contributed by atoms with van der Waals surface area (Å²) < 4.78 is 19.8. The normalized spacial score (nSPS) is 17.1. The number of nitrogens with one attached hydrogen (secondary N) is 5. The van der Waals surface area contributed by atoms with Gasteiger partial charge in [0.2, 0.25) is 0 Å². The third-order valence-corrected chi connectivity index (χ3v) is 22.6. The molecule has 574 valence electrons. The van der Waals surface area contributed by atoms with Gasteiger partial charge in [0, 0.05) is 175 Å². The van der Waals surface area contributed by atoms with Crippen LogP contribution in [0.1, 0.15) is 199 Å². The Morgan fingerprint density at radius 1 is 0.495 bits per heavy atom. The van der Waals surface area contributed by atoms with E-state index in [-0.39, 0.29) is 46.9 Å². The minimum atomic E-state index is -0.531. The predicted octanol–water partition coefficient (Wildman–Crippen LogP) is 15.9. The molecular formula is C90H108BrN9O9. The molecule has 18 nitrogen and oxygen atoms in total. The summed E-state index contributed by atoms with van der Waals surface area (Å²) in [5.41, 5.74) is 19.4. The van der Waals surface area contributed by atoms with Crippen LogP contribution in [-0.4, -0.2) is 112 Å². The van der Waals surface area contributed by atoms with Crippen LogP contribution in [0.15, 0.2) is 146 Å². The molecule has 8 aromatic rings. The van der Waals surface area contributed by atoms with Crippen molar-refractivity contribution in [2.24, 2.45) is 0 Å². The van der Waals surface area contributed by atoms with E-state index in [4.69, 9.17) is 24.2 Å². The quantitative estimate of drug-likeness (QED) is 0.0280. The average Bonchev–Trinajstić information content (AvgIpc) is 1.62. The molecule has 10 heterocycles. The first-order valence-corrected chi connectivity index (χ1v) is 39.7. The second-order valence-corrected chi connectivity index (χ2v) is 31.6. The topological polar surface area (TPSA) is 234 Å². The van der Waals surface area contributed by atoms with Crippen molar-refractivity contribution >= 4 is 44.9 Å².